The molecule has 5 heteroatoms. The Hall–Kier alpha value is -1.10. The molecule has 0 amide bonds. The van der Waals surface area contributed by atoms with Crippen molar-refractivity contribution in [3.63, 3.8) is 0 Å². The van der Waals surface area contributed by atoms with E-state index in [0.717, 1.165) is 10.2 Å². The summed E-state index contributed by atoms with van der Waals surface area (Å²) in [6.45, 7) is 3.93. The summed E-state index contributed by atoms with van der Waals surface area (Å²) in [4.78, 5) is 15.3. The van der Waals surface area contributed by atoms with Crippen LogP contribution >= 0.6 is 15.9 Å². The molecule has 0 bridgehead atoms. The normalized spacial score (nSPS) is 11.9. The van der Waals surface area contributed by atoms with Crippen LogP contribution < -0.4 is 5.32 Å². The first-order chi connectivity index (χ1) is 7.15. The highest BCUT2D eigenvalue weighted by molar-refractivity contribution is 9.10. The molecule has 1 unspecified atom stereocenters. The third-order valence-electron chi connectivity index (χ3n) is 1.78. The van der Waals surface area contributed by atoms with E-state index in [1.807, 2.05) is 0 Å². The standard InChI is InChI=1S/C10H13BrN2O2/c1-3-15-10(14)7(2)13-9-4-5-12-6-8(9)11/h4-7H,3H2,1-2H3,(H,12,13). The van der Waals surface area contributed by atoms with Crippen LogP contribution in [0.3, 0.4) is 0 Å². The number of hydrogen-bond donors (Lipinski definition) is 1. The van der Waals surface area contributed by atoms with Gasteiger partial charge in [0, 0.05) is 12.4 Å². The van der Waals surface area contributed by atoms with Gasteiger partial charge in [0.2, 0.25) is 0 Å². The molecule has 0 aromatic carbocycles. The first-order valence-electron chi connectivity index (χ1n) is 4.67. The summed E-state index contributed by atoms with van der Waals surface area (Å²) in [6.07, 6.45) is 3.32. The molecule has 0 aliphatic rings. The minimum absolute atomic E-state index is 0.263. The van der Waals surface area contributed by atoms with Crippen molar-refractivity contribution in [1.29, 1.82) is 0 Å². The Bertz CT molecular complexity index is 344. The lowest BCUT2D eigenvalue weighted by molar-refractivity contribution is -0.143. The van der Waals surface area contributed by atoms with Crippen molar-refractivity contribution in [2.45, 2.75) is 19.9 Å². The first-order valence-corrected chi connectivity index (χ1v) is 5.47. The van der Waals surface area contributed by atoms with Gasteiger partial charge < -0.3 is 10.1 Å². The van der Waals surface area contributed by atoms with E-state index < -0.39 is 0 Å². The summed E-state index contributed by atoms with van der Waals surface area (Å²) in [5.41, 5.74) is 0.825. The maximum Gasteiger partial charge on any atom is 0.328 e. The third kappa shape index (κ3) is 3.51. The minimum atomic E-state index is -0.372. The van der Waals surface area contributed by atoms with Crippen LogP contribution in [0, 0.1) is 0 Å². The van der Waals surface area contributed by atoms with Gasteiger partial charge >= 0.3 is 5.97 Å². The molecule has 1 heterocycles. The minimum Gasteiger partial charge on any atom is -0.464 e. The van der Waals surface area contributed by atoms with Crippen molar-refractivity contribution in [2.75, 3.05) is 11.9 Å². The number of halogens is 1. The van der Waals surface area contributed by atoms with Gasteiger partial charge in [0.25, 0.3) is 0 Å². The van der Waals surface area contributed by atoms with E-state index in [2.05, 4.69) is 26.2 Å². The van der Waals surface area contributed by atoms with Gasteiger partial charge in [-0.05, 0) is 35.8 Å². The zero-order chi connectivity index (χ0) is 11.3. The average Bonchev–Trinajstić information content (AvgIpc) is 2.21. The quantitative estimate of drug-likeness (QED) is 0.854. The largest absolute Gasteiger partial charge is 0.464 e. The van der Waals surface area contributed by atoms with Crippen molar-refractivity contribution in [3.05, 3.63) is 22.9 Å². The fraction of sp³-hybridized carbons (Fsp3) is 0.400. The number of ether oxygens (including phenoxy) is 1. The van der Waals surface area contributed by atoms with Gasteiger partial charge in [-0.2, -0.15) is 0 Å². The van der Waals surface area contributed by atoms with Crippen molar-refractivity contribution < 1.29 is 9.53 Å². The second-order valence-corrected chi connectivity index (χ2v) is 3.83. The van der Waals surface area contributed by atoms with Crippen LogP contribution in [0.1, 0.15) is 13.8 Å². The van der Waals surface area contributed by atoms with Gasteiger partial charge in [-0.3, -0.25) is 4.98 Å². The Labute approximate surface area is 97.2 Å². The van der Waals surface area contributed by atoms with Crippen molar-refractivity contribution in [3.8, 4) is 0 Å². The summed E-state index contributed by atoms with van der Waals surface area (Å²) in [6, 6.07) is 1.42. The summed E-state index contributed by atoms with van der Waals surface area (Å²) >= 11 is 3.34. The molecule has 1 N–H and O–H groups in total. The Kier molecular flexibility index (Phi) is 4.55. The van der Waals surface area contributed by atoms with E-state index in [-0.39, 0.29) is 12.0 Å². The predicted molar refractivity (Wildman–Crippen MR) is 61.7 cm³/mol. The lowest BCUT2D eigenvalue weighted by Crippen LogP contribution is -2.28. The number of aromatic nitrogens is 1. The van der Waals surface area contributed by atoms with Gasteiger partial charge in [-0.15, -0.1) is 0 Å². The van der Waals surface area contributed by atoms with E-state index in [4.69, 9.17) is 4.74 Å². The van der Waals surface area contributed by atoms with Crippen LogP contribution in [-0.2, 0) is 9.53 Å². The van der Waals surface area contributed by atoms with Crippen molar-refractivity contribution in [2.24, 2.45) is 0 Å². The van der Waals surface area contributed by atoms with Gasteiger partial charge in [0.1, 0.15) is 6.04 Å². The number of anilines is 1. The fourth-order valence-electron chi connectivity index (χ4n) is 1.05. The molecule has 4 nitrogen and oxygen atoms in total. The topological polar surface area (TPSA) is 51.2 Å². The highest BCUT2D eigenvalue weighted by Gasteiger charge is 2.14. The van der Waals surface area contributed by atoms with E-state index in [1.54, 1.807) is 32.3 Å². The molecule has 0 saturated carbocycles. The fourth-order valence-corrected chi connectivity index (χ4v) is 1.42. The van der Waals surface area contributed by atoms with Gasteiger partial charge in [0.15, 0.2) is 0 Å². The van der Waals surface area contributed by atoms with Crippen LogP contribution in [-0.4, -0.2) is 23.6 Å². The van der Waals surface area contributed by atoms with Gasteiger partial charge in [-0.25, -0.2) is 4.79 Å². The maximum atomic E-state index is 11.3. The summed E-state index contributed by atoms with van der Waals surface area (Å²) in [5, 5.41) is 3.03. The Morgan fingerprint density at radius 1 is 1.73 bits per heavy atom. The summed E-state index contributed by atoms with van der Waals surface area (Å²) < 4.78 is 5.70. The molecule has 1 atom stereocenters. The highest BCUT2D eigenvalue weighted by atomic mass is 79.9. The highest BCUT2D eigenvalue weighted by Crippen LogP contribution is 2.20. The zero-order valence-electron chi connectivity index (χ0n) is 8.66. The molecule has 0 aliphatic heterocycles. The number of hydrogen-bond acceptors (Lipinski definition) is 4. The molecule has 0 spiro atoms. The second-order valence-electron chi connectivity index (χ2n) is 2.97. The van der Waals surface area contributed by atoms with Gasteiger partial charge in [0.05, 0.1) is 16.8 Å². The van der Waals surface area contributed by atoms with Crippen molar-refractivity contribution in [1.82, 2.24) is 4.98 Å². The Balaban J connectivity index is 2.62. The Morgan fingerprint density at radius 2 is 2.47 bits per heavy atom. The smallest absolute Gasteiger partial charge is 0.328 e. The monoisotopic (exact) mass is 272 g/mol. The Morgan fingerprint density at radius 3 is 3.07 bits per heavy atom. The number of nitrogens with one attached hydrogen (secondary N) is 1. The molecular weight excluding hydrogens is 260 g/mol. The summed E-state index contributed by atoms with van der Waals surface area (Å²) in [7, 11) is 0. The lowest BCUT2D eigenvalue weighted by atomic mass is 10.3. The van der Waals surface area contributed by atoms with Crippen LogP contribution in [0.25, 0.3) is 0 Å². The van der Waals surface area contributed by atoms with Crippen LogP contribution in [0.2, 0.25) is 0 Å². The molecule has 0 fully saturated rings. The summed E-state index contributed by atoms with van der Waals surface area (Å²) in [5.74, 6) is -0.263. The third-order valence-corrected chi connectivity index (χ3v) is 2.42. The van der Waals surface area contributed by atoms with E-state index in [9.17, 15) is 4.79 Å². The van der Waals surface area contributed by atoms with E-state index in [0.29, 0.717) is 6.61 Å². The molecule has 0 aliphatic carbocycles. The lowest BCUT2D eigenvalue weighted by Gasteiger charge is -2.14. The number of nitrogens with zero attached hydrogens (tertiary/aromatic N) is 1. The number of esters is 1. The average molecular weight is 273 g/mol. The number of carbonyl (C=O) groups excluding carboxylic acids is 1. The van der Waals surface area contributed by atoms with Crippen LogP contribution in [0.4, 0.5) is 5.69 Å². The van der Waals surface area contributed by atoms with E-state index in [1.165, 1.54) is 0 Å². The first kappa shape index (κ1) is 12.0. The van der Waals surface area contributed by atoms with Crippen LogP contribution in [0.15, 0.2) is 22.9 Å². The van der Waals surface area contributed by atoms with E-state index >= 15 is 0 Å². The predicted octanol–water partition coefficient (Wildman–Crippen LogP) is 2.21. The molecule has 82 valence electrons. The molecule has 0 radical (unpaired) electrons. The molecule has 1 aromatic heterocycles. The van der Waals surface area contributed by atoms with Gasteiger partial charge in [-0.1, -0.05) is 0 Å². The van der Waals surface area contributed by atoms with Crippen molar-refractivity contribution >= 4 is 27.6 Å². The number of pyridine rings is 1. The maximum absolute atomic E-state index is 11.3. The molecule has 15 heavy (non-hydrogen) atoms. The SMILES string of the molecule is CCOC(=O)C(C)Nc1ccncc1Br. The molecule has 1 rings (SSSR count). The second kappa shape index (κ2) is 5.70. The molecule has 1 aromatic rings. The number of rotatable bonds is 4. The molecular formula is C10H13BrN2O2. The number of carbonyl (C=O) groups is 1. The zero-order valence-corrected chi connectivity index (χ0v) is 10.2. The van der Waals surface area contributed by atoms with Crippen LogP contribution in [0.5, 0.6) is 0 Å². The molecule has 0 saturated heterocycles.